The molecule has 0 unspecified atom stereocenters. The number of rotatable bonds is 4. The Kier molecular flexibility index (Phi) is 4.33. The van der Waals surface area contributed by atoms with E-state index in [0.29, 0.717) is 13.0 Å². The molecule has 0 saturated carbocycles. The van der Waals surface area contributed by atoms with E-state index in [4.69, 9.17) is 0 Å². The van der Waals surface area contributed by atoms with Gasteiger partial charge < -0.3 is 10.2 Å². The Bertz CT molecular complexity index is 541. The Labute approximate surface area is 126 Å². The number of nitrogens with one attached hydrogen (secondary N) is 1. The van der Waals surface area contributed by atoms with Crippen molar-refractivity contribution in [3.05, 3.63) is 0 Å². The van der Waals surface area contributed by atoms with Crippen molar-refractivity contribution < 1.29 is 18.0 Å². The van der Waals surface area contributed by atoms with Gasteiger partial charge in [-0.1, -0.05) is 6.92 Å². The summed E-state index contributed by atoms with van der Waals surface area (Å²) < 4.78 is 23.1. The Morgan fingerprint density at radius 1 is 1.43 bits per heavy atom. The number of hydrogen-bond donors (Lipinski definition) is 1. The summed E-state index contributed by atoms with van der Waals surface area (Å²) >= 11 is 0. The van der Waals surface area contributed by atoms with Gasteiger partial charge in [0.1, 0.15) is 0 Å². The highest BCUT2D eigenvalue weighted by Gasteiger charge is 2.42. The highest BCUT2D eigenvalue weighted by atomic mass is 32.2. The summed E-state index contributed by atoms with van der Waals surface area (Å²) in [4.78, 5) is 25.9. The predicted octanol–water partition coefficient (Wildman–Crippen LogP) is 0.327. The van der Waals surface area contributed by atoms with E-state index in [1.54, 1.807) is 4.90 Å². The van der Waals surface area contributed by atoms with Gasteiger partial charge in [0.15, 0.2) is 9.84 Å². The molecule has 2 fully saturated rings. The average molecular weight is 316 g/mol. The minimum Gasteiger partial charge on any atom is -0.351 e. The van der Waals surface area contributed by atoms with Crippen LogP contribution in [0, 0.1) is 5.92 Å². The molecule has 0 aliphatic carbocycles. The van der Waals surface area contributed by atoms with Crippen molar-refractivity contribution in [2.24, 2.45) is 5.92 Å². The number of carbonyl (C=O) groups excluding carboxylic acids is 2. The van der Waals surface area contributed by atoms with Crippen molar-refractivity contribution >= 4 is 21.7 Å². The number of sulfone groups is 1. The van der Waals surface area contributed by atoms with Gasteiger partial charge in [-0.25, -0.2) is 8.42 Å². The molecule has 2 aliphatic heterocycles. The number of carbonyl (C=O) groups is 2. The summed E-state index contributed by atoms with van der Waals surface area (Å²) in [7, 11) is -3.02. The SMILES string of the molecule is CCC(C)(C)NC(=O)[C@@H]1CC(=O)N([C@@H]2CCS(=O)(=O)C2)C1. The van der Waals surface area contributed by atoms with E-state index < -0.39 is 9.84 Å². The molecule has 6 nitrogen and oxygen atoms in total. The standard InChI is InChI=1S/C14H24N2O4S/c1-4-14(2,3)15-13(18)10-7-12(17)16(8-10)11-5-6-21(19,20)9-11/h10-11H,4-9H2,1-3H3,(H,15,18)/t10-,11-/m1/s1. The summed E-state index contributed by atoms with van der Waals surface area (Å²) in [5.41, 5.74) is -0.287. The Morgan fingerprint density at radius 3 is 2.62 bits per heavy atom. The first-order valence-electron chi connectivity index (χ1n) is 7.45. The predicted molar refractivity (Wildman–Crippen MR) is 79.4 cm³/mol. The fourth-order valence-corrected chi connectivity index (χ4v) is 4.54. The molecule has 21 heavy (non-hydrogen) atoms. The van der Waals surface area contributed by atoms with Crippen LogP contribution in [-0.2, 0) is 19.4 Å². The van der Waals surface area contributed by atoms with Gasteiger partial charge >= 0.3 is 0 Å². The molecule has 0 aromatic carbocycles. The van der Waals surface area contributed by atoms with Gasteiger partial charge in [-0.2, -0.15) is 0 Å². The zero-order chi connectivity index (χ0) is 15.8. The lowest BCUT2D eigenvalue weighted by Crippen LogP contribution is -2.46. The Balaban J connectivity index is 1.98. The number of nitrogens with zero attached hydrogens (tertiary/aromatic N) is 1. The van der Waals surface area contributed by atoms with Crippen molar-refractivity contribution in [2.45, 2.75) is 51.6 Å². The molecule has 120 valence electrons. The van der Waals surface area contributed by atoms with Crippen LogP contribution >= 0.6 is 0 Å². The molecule has 0 radical (unpaired) electrons. The fourth-order valence-electron chi connectivity index (χ4n) is 2.81. The molecular weight excluding hydrogens is 292 g/mol. The van der Waals surface area contributed by atoms with Crippen LogP contribution in [0.3, 0.4) is 0 Å². The first-order chi connectivity index (χ1) is 9.63. The molecule has 0 aromatic rings. The molecule has 0 aromatic heterocycles. The molecule has 2 saturated heterocycles. The van der Waals surface area contributed by atoms with Crippen LogP contribution in [0.1, 0.15) is 40.0 Å². The van der Waals surface area contributed by atoms with E-state index >= 15 is 0 Å². The molecule has 2 aliphatic rings. The van der Waals surface area contributed by atoms with E-state index in [9.17, 15) is 18.0 Å². The maximum absolute atomic E-state index is 12.2. The molecular formula is C14H24N2O4S. The van der Waals surface area contributed by atoms with Gasteiger partial charge in [0.25, 0.3) is 0 Å². The van der Waals surface area contributed by atoms with Crippen LogP contribution < -0.4 is 5.32 Å². The first kappa shape index (κ1) is 16.3. The average Bonchev–Trinajstić information content (AvgIpc) is 2.92. The van der Waals surface area contributed by atoms with Crippen molar-refractivity contribution in [1.82, 2.24) is 10.2 Å². The number of likely N-dealkylation sites (tertiary alicyclic amines) is 1. The lowest BCUT2D eigenvalue weighted by molar-refractivity contribution is -0.130. The van der Waals surface area contributed by atoms with Gasteiger partial charge in [0.2, 0.25) is 11.8 Å². The highest BCUT2D eigenvalue weighted by molar-refractivity contribution is 7.91. The smallest absolute Gasteiger partial charge is 0.225 e. The third-order valence-electron chi connectivity index (χ3n) is 4.52. The topological polar surface area (TPSA) is 83.6 Å². The van der Waals surface area contributed by atoms with Gasteiger partial charge in [0, 0.05) is 24.5 Å². The molecule has 0 spiro atoms. The monoisotopic (exact) mass is 316 g/mol. The third kappa shape index (κ3) is 3.75. The van der Waals surface area contributed by atoms with E-state index in [2.05, 4.69) is 5.32 Å². The fraction of sp³-hybridized carbons (Fsp3) is 0.857. The largest absolute Gasteiger partial charge is 0.351 e. The van der Waals surface area contributed by atoms with E-state index in [0.717, 1.165) is 6.42 Å². The van der Waals surface area contributed by atoms with Crippen LogP contribution in [0.15, 0.2) is 0 Å². The normalized spacial score (nSPS) is 28.9. The lowest BCUT2D eigenvalue weighted by Gasteiger charge is -2.27. The van der Waals surface area contributed by atoms with Gasteiger partial charge in [0.05, 0.1) is 17.4 Å². The summed E-state index contributed by atoms with van der Waals surface area (Å²) in [5.74, 6) is -0.411. The van der Waals surface area contributed by atoms with Gasteiger partial charge in [-0.3, -0.25) is 9.59 Å². The molecule has 2 rings (SSSR count). The molecule has 2 heterocycles. The zero-order valence-electron chi connectivity index (χ0n) is 12.9. The first-order valence-corrected chi connectivity index (χ1v) is 9.27. The van der Waals surface area contributed by atoms with E-state index in [-0.39, 0.29) is 47.2 Å². The number of amides is 2. The van der Waals surface area contributed by atoms with Crippen molar-refractivity contribution in [2.75, 3.05) is 18.1 Å². The lowest BCUT2D eigenvalue weighted by atomic mass is 9.99. The van der Waals surface area contributed by atoms with Crippen LogP contribution in [-0.4, -0.2) is 54.8 Å². The molecule has 1 N–H and O–H groups in total. The summed E-state index contributed by atoms with van der Waals surface area (Å²) in [6, 6.07) is -0.250. The Hall–Kier alpha value is -1.11. The second-order valence-electron chi connectivity index (χ2n) is 6.73. The Morgan fingerprint density at radius 2 is 2.10 bits per heavy atom. The second-order valence-corrected chi connectivity index (χ2v) is 8.96. The van der Waals surface area contributed by atoms with Gasteiger partial charge in [-0.15, -0.1) is 0 Å². The summed E-state index contributed by atoms with van der Waals surface area (Å²) in [6.45, 7) is 6.23. The molecule has 2 amide bonds. The second kappa shape index (κ2) is 5.59. The summed E-state index contributed by atoms with van der Waals surface area (Å²) in [5, 5.41) is 2.96. The maximum Gasteiger partial charge on any atom is 0.225 e. The van der Waals surface area contributed by atoms with Crippen molar-refractivity contribution in [3.8, 4) is 0 Å². The third-order valence-corrected chi connectivity index (χ3v) is 6.27. The van der Waals surface area contributed by atoms with Crippen LogP contribution in [0.25, 0.3) is 0 Å². The van der Waals surface area contributed by atoms with E-state index in [1.165, 1.54) is 0 Å². The quantitative estimate of drug-likeness (QED) is 0.810. The van der Waals surface area contributed by atoms with Gasteiger partial charge in [-0.05, 0) is 26.7 Å². The number of hydrogen-bond acceptors (Lipinski definition) is 4. The van der Waals surface area contributed by atoms with Crippen molar-refractivity contribution in [3.63, 3.8) is 0 Å². The van der Waals surface area contributed by atoms with Crippen molar-refractivity contribution in [1.29, 1.82) is 0 Å². The van der Waals surface area contributed by atoms with Crippen LogP contribution in [0.4, 0.5) is 0 Å². The van der Waals surface area contributed by atoms with Crippen LogP contribution in [0.2, 0.25) is 0 Å². The highest BCUT2D eigenvalue weighted by Crippen LogP contribution is 2.26. The summed E-state index contributed by atoms with van der Waals surface area (Å²) in [6.07, 6.45) is 1.48. The molecule has 7 heteroatoms. The zero-order valence-corrected chi connectivity index (χ0v) is 13.7. The molecule has 0 bridgehead atoms. The maximum atomic E-state index is 12.2. The van der Waals surface area contributed by atoms with Crippen LogP contribution in [0.5, 0.6) is 0 Å². The molecule has 2 atom stereocenters. The van der Waals surface area contributed by atoms with E-state index in [1.807, 2.05) is 20.8 Å². The minimum atomic E-state index is -3.02. The minimum absolute atomic E-state index is 0.0353.